The van der Waals surface area contributed by atoms with Gasteiger partial charge in [-0.25, -0.2) is 14.1 Å². The summed E-state index contributed by atoms with van der Waals surface area (Å²) in [6.45, 7) is 2.07. The molecule has 1 aromatic carbocycles. The number of aromatic amines is 1. The van der Waals surface area contributed by atoms with Crippen LogP contribution >= 0.6 is 0 Å². The highest BCUT2D eigenvalue weighted by Gasteiger charge is 2.10. The Balaban J connectivity index is 2.06. The summed E-state index contributed by atoms with van der Waals surface area (Å²) in [6.07, 6.45) is 0. The first-order valence-electron chi connectivity index (χ1n) is 5.68. The topological polar surface area (TPSA) is 76.5 Å². The lowest BCUT2D eigenvalue weighted by Crippen LogP contribution is -2.11. The van der Waals surface area contributed by atoms with Gasteiger partial charge in [-0.3, -0.25) is 4.79 Å². The predicted molar refractivity (Wildman–Crippen MR) is 66.2 cm³/mol. The Bertz CT molecular complexity index is 790. The van der Waals surface area contributed by atoms with E-state index < -0.39 is 0 Å². The van der Waals surface area contributed by atoms with Crippen molar-refractivity contribution in [1.29, 1.82) is 0 Å². The smallest absolute Gasteiger partial charge is 0.281 e. The van der Waals surface area contributed by atoms with Crippen molar-refractivity contribution in [3.05, 3.63) is 51.8 Å². The van der Waals surface area contributed by atoms with Gasteiger partial charge in [0.2, 0.25) is 0 Å². The summed E-state index contributed by atoms with van der Waals surface area (Å²) in [4.78, 5) is 18.4. The molecule has 0 bridgehead atoms. The van der Waals surface area contributed by atoms with Crippen LogP contribution in [0.4, 0.5) is 4.39 Å². The molecule has 0 fully saturated rings. The van der Waals surface area contributed by atoms with Gasteiger partial charge in [0.25, 0.3) is 5.56 Å². The normalized spacial score (nSPS) is 11.1. The fourth-order valence-corrected chi connectivity index (χ4v) is 1.85. The molecule has 0 unspecified atom stereocenters. The first-order valence-corrected chi connectivity index (χ1v) is 5.68. The molecular formula is C12H10FN5O. The van der Waals surface area contributed by atoms with Crippen molar-refractivity contribution in [1.82, 2.24) is 25.0 Å². The zero-order valence-corrected chi connectivity index (χ0v) is 10.1. The minimum Gasteiger partial charge on any atom is -0.309 e. The molecule has 0 radical (unpaired) electrons. The van der Waals surface area contributed by atoms with Gasteiger partial charge in [0, 0.05) is 0 Å². The number of hydrogen-bond acceptors (Lipinski definition) is 4. The summed E-state index contributed by atoms with van der Waals surface area (Å²) in [6, 6.07) is 6.06. The zero-order valence-electron chi connectivity index (χ0n) is 10.1. The molecule has 0 saturated heterocycles. The van der Waals surface area contributed by atoms with E-state index in [9.17, 15) is 9.18 Å². The molecule has 19 heavy (non-hydrogen) atoms. The van der Waals surface area contributed by atoms with E-state index in [-0.39, 0.29) is 16.9 Å². The fourth-order valence-electron chi connectivity index (χ4n) is 1.85. The average Bonchev–Trinajstić information content (AvgIpc) is 2.76. The van der Waals surface area contributed by atoms with Crippen molar-refractivity contribution in [2.24, 2.45) is 0 Å². The van der Waals surface area contributed by atoms with Crippen LogP contribution < -0.4 is 5.56 Å². The van der Waals surface area contributed by atoms with E-state index >= 15 is 0 Å². The molecule has 3 aromatic rings. The molecule has 0 amide bonds. The molecule has 0 spiro atoms. The molecule has 3 rings (SSSR count). The summed E-state index contributed by atoms with van der Waals surface area (Å²) in [7, 11) is 0. The lowest BCUT2D eigenvalue weighted by molar-refractivity contribution is 0.623. The zero-order chi connectivity index (χ0) is 13.4. The largest absolute Gasteiger partial charge is 0.309 e. The molecule has 0 saturated carbocycles. The van der Waals surface area contributed by atoms with Crippen LogP contribution in [0.1, 0.15) is 11.4 Å². The molecule has 6 nitrogen and oxygen atoms in total. The van der Waals surface area contributed by atoms with Gasteiger partial charge in [-0.15, -0.1) is 5.10 Å². The van der Waals surface area contributed by atoms with Crippen molar-refractivity contribution in [3.63, 3.8) is 0 Å². The summed E-state index contributed by atoms with van der Waals surface area (Å²) in [5.41, 5.74) is 1.17. The molecule has 0 aliphatic rings. The van der Waals surface area contributed by atoms with Crippen LogP contribution in [0, 0.1) is 12.7 Å². The molecule has 1 N–H and O–H groups in total. The van der Waals surface area contributed by atoms with Crippen LogP contribution in [-0.2, 0) is 6.54 Å². The van der Waals surface area contributed by atoms with E-state index in [1.807, 2.05) is 0 Å². The highest BCUT2D eigenvalue weighted by atomic mass is 19.1. The van der Waals surface area contributed by atoms with E-state index in [1.165, 1.54) is 16.8 Å². The molecule has 0 aliphatic heterocycles. The van der Waals surface area contributed by atoms with Gasteiger partial charge < -0.3 is 4.98 Å². The third-order valence-electron chi connectivity index (χ3n) is 2.74. The molecular weight excluding hydrogens is 249 g/mol. The quantitative estimate of drug-likeness (QED) is 0.745. The van der Waals surface area contributed by atoms with Crippen LogP contribution in [0.3, 0.4) is 0 Å². The minimum absolute atomic E-state index is 0.202. The minimum atomic E-state index is -0.312. The Morgan fingerprint density at radius 3 is 2.79 bits per heavy atom. The monoisotopic (exact) mass is 259 g/mol. The second kappa shape index (κ2) is 4.27. The first-order chi connectivity index (χ1) is 9.13. The molecule has 96 valence electrons. The fraction of sp³-hybridized carbons (Fsp3) is 0.167. The van der Waals surface area contributed by atoms with Crippen LogP contribution in [0.5, 0.6) is 0 Å². The third-order valence-corrected chi connectivity index (χ3v) is 2.74. The van der Waals surface area contributed by atoms with Crippen molar-refractivity contribution in [3.8, 4) is 0 Å². The van der Waals surface area contributed by atoms with Gasteiger partial charge >= 0.3 is 0 Å². The average molecular weight is 259 g/mol. The first kappa shape index (κ1) is 11.5. The molecule has 0 atom stereocenters. The van der Waals surface area contributed by atoms with Gasteiger partial charge in [-0.1, -0.05) is 17.3 Å². The standard InChI is InChI=1S/C12H10FN5O/c1-7-14-11-10(12(19)15-7)16-17-18(11)6-8-2-4-9(13)5-3-8/h2-5H,6H2,1H3,(H,14,15,19). The van der Waals surface area contributed by atoms with E-state index in [1.54, 1.807) is 19.1 Å². The van der Waals surface area contributed by atoms with E-state index in [0.29, 0.717) is 18.0 Å². The predicted octanol–water partition coefficient (Wildman–Crippen LogP) is 1.01. The van der Waals surface area contributed by atoms with E-state index in [4.69, 9.17) is 0 Å². The number of halogens is 1. The number of rotatable bonds is 2. The summed E-state index contributed by atoms with van der Waals surface area (Å²) in [5, 5.41) is 7.71. The molecule has 0 aliphatic carbocycles. The number of fused-ring (bicyclic) bond motifs is 1. The van der Waals surface area contributed by atoms with Crippen LogP contribution in [-0.4, -0.2) is 25.0 Å². The van der Waals surface area contributed by atoms with Gasteiger partial charge in [-0.05, 0) is 24.6 Å². The maximum absolute atomic E-state index is 12.8. The van der Waals surface area contributed by atoms with Crippen LogP contribution in [0.15, 0.2) is 29.1 Å². The van der Waals surface area contributed by atoms with Crippen molar-refractivity contribution in [2.45, 2.75) is 13.5 Å². The van der Waals surface area contributed by atoms with Crippen molar-refractivity contribution in [2.75, 3.05) is 0 Å². The van der Waals surface area contributed by atoms with Crippen LogP contribution in [0.25, 0.3) is 11.2 Å². The van der Waals surface area contributed by atoms with Gasteiger partial charge in [-0.2, -0.15) is 0 Å². The molecule has 7 heteroatoms. The molecule has 2 heterocycles. The maximum Gasteiger partial charge on any atom is 0.281 e. The Labute approximate surface area is 106 Å². The summed E-state index contributed by atoms with van der Waals surface area (Å²) < 4.78 is 14.4. The van der Waals surface area contributed by atoms with E-state index in [2.05, 4.69) is 20.3 Å². The second-order valence-electron chi connectivity index (χ2n) is 4.20. The Morgan fingerprint density at radius 1 is 1.32 bits per heavy atom. The van der Waals surface area contributed by atoms with Crippen molar-refractivity contribution < 1.29 is 4.39 Å². The Kier molecular flexibility index (Phi) is 2.59. The van der Waals surface area contributed by atoms with E-state index in [0.717, 1.165) is 5.56 Å². The number of aromatic nitrogens is 5. The third kappa shape index (κ3) is 2.10. The number of nitrogens with zero attached hydrogens (tertiary/aromatic N) is 4. The Morgan fingerprint density at radius 2 is 2.05 bits per heavy atom. The second-order valence-corrected chi connectivity index (χ2v) is 4.20. The summed E-state index contributed by atoms with van der Waals surface area (Å²) >= 11 is 0. The lowest BCUT2D eigenvalue weighted by atomic mass is 10.2. The maximum atomic E-state index is 12.8. The van der Waals surface area contributed by atoms with Gasteiger partial charge in [0.15, 0.2) is 11.2 Å². The van der Waals surface area contributed by atoms with Crippen molar-refractivity contribution >= 4 is 11.2 Å². The number of benzene rings is 1. The van der Waals surface area contributed by atoms with Crippen LogP contribution in [0.2, 0.25) is 0 Å². The number of nitrogens with one attached hydrogen (secondary N) is 1. The number of hydrogen-bond donors (Lipinski definition) is 1. The highest BCUT2D eigenvalue weighted by molar-refractivity contribution is 5.67. The highest BCUT2D eigenvalue weighted by Crippen LogP contribution is 2.08. The lowest BCUT2D eigenvalue weighted by Gasteiger charge is -2.02. The van der Waals surface area contributed by atoms with Gasteiger partial charge in [0.05, 0.1) is 6.54 Å². The summed E-state index contributed by atoms with van der Waals surface area (Å²) in [5.74, 6) is 0.206. The SMILES string of the molecule is Cc1nc2c(nnn2Cc2ccc(F)cc2)c(=O)[nH]1. The van der Waals surface area contributed by atoms with Gasteiger partial charge in [0.1, 0.15) is 11.6 Å². The Hall–Kier alpha value is -2.57. The molecule has 2 aromatic heterocycles. The number of H-pyrrole nitrogens is 1. The number of aryl methyl sites for hydroxylation is 1.